The molecule has 0 heterocycles. The van der Waals surface area contributed by atoms with Gasteiger partial charge in [-0.25, -0.2) is 0 Å². The molecule has 0 spiro atoms. The van der Waals surface area contributed by atoms with Gasteiger partial charge in [0.2, 0.25) is 0 Å². The van der Waals surface area contributed by atoms with E-state index in [1.165, 1.54) is 9.81 Å². The van der Waals surface area contributed by atoms with Gasteiger partial charge in [-0.2, -0.15) is 0 Å². The van der Waals surface area contributed by atoms with E-state index < -0.39 is 33.7 Å². The Morgan fingerprint density at radius 3 is 0.966 bits per heavy atom. The van der Waals surface area contributed by atoms with E-state index in [4.69, 9.17) is 33.4 Å². The van der Waals surface area contributed by atoms with Crippen LogP contribution in [-0.4, -0.2) is 55.7 Å². The van der Waals surface area contributed by atoms with Gasteiger partial charge >= 0.3 is 134 Å². The molecule has 0 bridgehead atoms. The first-order chi connectivity index (χ1) is 14.0. The Balaban J connectivity index is 0.000000353. The van der Waals surface area contributed by atoms with E-state index in [0.717, 1.165) is 0 Å². The molecule has 0 radical (unpaired) electrons. The maximum atomic E-state index is 9.24. The second-order valence-electron chi connectivity index (χ2n) is 5.40. The SMILES string of the molecule is O=C(O)CCl.O=C(O)CCl.c1cc[c]([Bi]([c]2ccccc2)[c]2ccccc2)cc1. The standard InChI is InChI=1S/3C6H5.2C2H3ClO2.Bi/c3*1-2-4-6-5-3-1;2*3-1-2(4)5;/h3*1-5H;2*1H2,(H,4,5);. The van der Waals surface area contributed by atoms with Crippen molar-refractivity contribution in [3.8, 4) is 0 Å². The van der Waals surface area contributed by atoms with Crippen LogP contribution in [0.15, 0.2) is 91.0 Å². The number of carboxylic acids is 2. The number of hydrogen-bond acceptors (Lipinski definition) is 2. The molecule has 0 unspecified atom stereocenters. The summed E-state index contributed by atoms with van der Waals surface area (Å²) in [4.78, 5) is 18.5. The molecule has 3 aromatic rings. The third-order valence-electron chi connectivity index (χ3n) is 3.27. The van der Waals surface area contributed by atoms with E-state index in [0.29, 0.717) is 0 Å². The van der Waals surface area contributed by atoms with Crippen molar-refractivity contribution >= 4 is 66.7 Å². The van der Waals surface area contributed by atoms with Crippen molar-refractivity contribution in [2.75, 3.05) is 11.8 Å². The Labute approximate surface area is 188 Å². The van der Waals surface area contributed by atoms with Gasteiger partial charge < -0.3 is 10.2 Å². The summed E-state index contributed by atoms with van der Waals surface area (Å²) in [7, 11) is 0. The van der Waals surface area contributed by atoms with Gasteiger partial charge in [-0.1, -0.05) is 0 Å². The summed E-state index contributed by atoms with van der Waals surface area (Å²) < 4.78 is 4.61. The molecule has 0 atom stereocenters. The molecule has 0 saturated heterocycles. The molecule has 0 saturated carbocycles. The van der Waals surface area contributed by atoms with Crippen molar-refractivity contribution < 1.29 is 19.8 Å². The molecule has 0 aromatic heterocycles. The van der Waals surface area contributed by atoms with Crippen LogP contribution in [0.3, 0.4) is 0 Å². The zero-order chi connectivity index (χ0) is 21.5. The van der Waals surface area contributed by atoms with Crippen molar-refractivity contribution in [3.63, 3.8) is 0 Å². The molecular weight excluding hydrogens is 608 g/mol. The van der Waals surface area contributed by atoms with Gasteiger partial charge in [0.1, 0.15) is 11.8 Å². The summed E-state index contributed by atoms with van der Waals surface area (Å²) >= 11 is 7.41. The van der Waals surface area contributed by atoms with E-state index in [1.807, 2.05) is 0 Å². The van der Waals surface area contributed by atoms with E-state index in [1.54, 1.807) is 0 Å². The van der Waals surface area contributed by atoms with Crippen molar-refractivity contribution in [2.45, 2.75) is 0 Å². The van der Waals surface area contributed by atoms with Crippen LogP contribution in [0.2, 0.25) is 0 Å². The van der Waals surface area contributed by atoms with Crippen LogP contribution in [0.5, 0.6) is 0 Å². The van der Waals surface area contributed by atoms with Crippen LogP contribution in [0.25, 0.3) is 0 Å². The van der Waals surface area contributed by atoms with Crippen LogP contribution >= 0.6 is 23.2 Å². The summed E-state index contributed by atoms with van der Waals surface area (Å²) in [5.41, 5.74) is 0. The van der Waals surface area contributed by atoms with Crippen LogP contribution in [0, 0.1) is 0 Å². The minimum absolute atomic E-state index is 0.306. The van der Waals surface area contributed by atoms with E-state index in [2.05, 4.69) is 91.0 Å². The van der Waals surface area contributed by atoms with Gasteiger partial charge in [-0.05, 0) is 0 Å². The van der Waals surface area contributed by atoms with Gasteiger partial charge in [0, 0.05) is 0 Å². The van der Waals surface area contributed by atoms with Gasteiger partial charge in [0.15, 0.2) is 0 Å². The predicted molar refractivity (Wildman–Crippen MR) is 121 cm³/mol. The Bertz CT molecular complexity index is 739. The summed E-state index contributed by atoms with van der Waals surface area (Å²) in [5, 5.41) is 15.2. The molecule has 0 aliphatic carbocycles. The van der Waals surface area contributed by atoms with Gasteiger partial charge in [0.25, 0.3) is 0 Å². The topological polar surface area (TPSA) is 74.6 Å². The van der Waals surface area contributed by atoms with Crippen LogP contribution < -0.4 is 9.81 Å². The number of hydrogen-bond donors (Lipinski definition) is 2. The third kappa shape index (κ3) is 10.4. The van der Waals surface area contributed by atoms with Crippen LogP contribution in [0.1, 0.15) is 0 Å². The van der Waals surface area contributed by atoms with E-state index in [-0.39, 0.29) is 11.8 Å². The molecule has 0 aliphatic rings. The van der Waals surface area contributed by atoms with Gasteiger partial charge in [0.05, 0.1) is 0 Å². The summed E-state index contributed by atoms with van der Waals surface area (Å²) in [5.74, 6) is -2.57. The van der Waals surface area contributed by atoms with Crippen molar-refractivity contribution in [2.24, 2.45) is 0 Å². The molecular formula is C22H21BiCl2O4. The number of carboxylic acid groups (broad SMARTS) is 2. The molecule has 3 aromatic carbocycles. The summed E-state index contributed by atoms with van der Waals surface area (Å²) in [6.45, 7) is 0. The fraction of sp³-hybridized carbons (Fsp3) is 0.0909. The number of halogens is 2. The molecule has 4 nitrogen and oxygen atoms in total. The van der Waals surface area contributed by atoms with Crippen molar-refractivity contribution in [1.29, 1.82) is 0 Å². The third-order valence-corrected chi connectivity index (χ3v) is 13.2. The fourth-order valence-corrected chi connectivity index (χ4v) is 11.1. The molecule has 2 N–H and O–H groups in total. The first-order valence-corrected chi connectivity index (χ1v) is 14.8. The predicted octanol–water partition coefficient (Wildman–Crippen LogP) is 2.82. The number of alkyl halides is 2. The Kier molecular flexibility index (Phi) is 13.0. The maximum absolute atomic E-state index is 9.24. The van der Waals surface area contributed by atoms with Crippen molar-refractivity contribution in [1.82, 2.24) is 0 Å². The average Bonchev–Trinajstić information content (AvgIpc) is 2.77. The number of benzene rings is 3. The summed E-state index contributed by atoms with van der Waals surface area (Å²) in [6.07, 6.45) is 0. The van der Waals surface area contributed by atoms with Gasteiger partial charge in [-0.15, -0.1) is 23.2 Å². The zero-order valence-electron chi connectivity index (χ0n) is 15.5. The first-order valence-electron chi connectivity index (χ1n) is 8.50. The van der Waals surface area contributed by atoms with Crippen LogP contribution in [-0.2, 0) is 9.59 Å². The quantitative estimate of drug-likeness (QED) is 0.337. The number of rotatable bonds is 5. The molecule has 0 amide bonds. The molecule has 3 rings (SSSR count). The van der Waals surface area contributed by atoms with E-state index in [9.17, 15) is 9.59 Å². The Morgan fingerprint density at radius 1 is 0.586 bits per heavy atom. The Morgan fingerprint density at radius 2 is 0.793 bits per heavy atom. The van der Waals surface area contributed by atoms with Crippen LogP contribution in [0.4, 0.5) is 0 Å². The van der Waals surface area contributed by atoms with Crippen molar-refractivity contribution in [3.05, 3.63) is 91.0 Å². The number of carbonyl (C=O) groups is 2. The minimum atomic E-state index is -2.06. The first kappa shape index (κ1) is 25.1. The fourth-order valence-electron chi connectivity index (χ4n) is 2.18. The Hall–Kier alpha value is -1.94. The molecule has 7 heteroatoms. The molecule has 0 fully saturated rings. The monoisotopic (exact) mass is 628 g/mol. The second-order valence-corrected chi connectivity index (χ2v) is 14.6. The van der Waals surface area contributed by atoms with Gasteiger partial charge in [-0.3, -0.25) is 9.59 Å². The molecule has 152 valence electrons. The molecule has 0 aliphatic heterocycles. The second kappa shape index (κ2) is 15.0. The zero-order valence-corrected chi connectivity index (χ0v) is 20.5. The molecule has 29 heavy (non-hydrogen) atoms. The summed E-state index contributed by atoms with van der Waals surface area (Å²) in [6, 6.07) is 33.0. The normalized spacial score (nSPS) is 9.48. The van der Waals surface area contributed by atoms with E-state index >= 15 is 0 Å². The average molecular weight is 629 g/mol. The number of aliphatic carboxylic acids is 2.